The predicted molar refractivity (Wildman–Crippen MR) is 52.7 cm³/mol. The Morgan fingerprint density at radius 1 is 1.36 bits per heavy atom. The molecular weight excluding hydrogens is 189 g/mol. The summed E-state index contributed by atoms with van der Waals surface area (Å²) < 4.78 is 0. The third-order valence-electron chi connectivity index (χ3n) is 1.46. The van der Waals surface area contributed by atoms with Crippen molar-refractivity contribution in [3.05, 3.63) is 36.5 Å². The van der Waals surface area contributed by atoms with Gasteiger partial charge in [-0.25, -0.2) is 0 Å². The van der Waals surface area contributed by atoms with Crippen LogP contribution in [0.3, 0.4) is 0 Å². The van der Waals surface area contributed by atoms with Crippen molar-refractivity contribution < 1.29 is 40.9 Å². The number of nitrogens with one attached hydrogen (secondary N) is 1. The molecule has 0 aliphatic carbocycles. The summed E-state index contributed by atoms with van der Waals surface area (Å²) in [5.41, 5.74) is 1.21. The molecule has 70 valence electrons. The van der Waals surface area contributed by atoms with Crippen LogP contribution in [0.4, 0.5) is 0 Å². The van der Waals surface area contributed by atoms with Crippen LogP contribution in [0.5, 0.6) is 0 Å². The zero-order valence-electron chi connectivity index (χ0n) is 9.32. The van der Waals surface area contributed by atoms with Crippen LogP contribution in [-0.2, 0) is 4.79 Å². The monoisotopic (exact) mass is 201 g/mol. The maximum atomic E-state index is 9.00. The van der Waals surface area contributed by atoms with Crippen LogP contribution in [0.1, 0.15) is 8.35 Å². The molecule has 2 N–H and O–H groups in total. The van der Waals surface area contributed by atoms with Gasteiger partial charge >= 0.3 is 29.6 Å². The minimum absolute atomic E-state index is 0. The molecule has 0 fully saturated rings. The molecule has 0 unspecified atom stereocenters. The number of hydrogen-bond donors (Lipinski definition) is 2. The average Bonchev–Trinajstić information content (AvgIpc) is 2.49. The van der Waals surface area contributed by atoms with Gasteiger partial charge in [-0.05, 0) is 17.5 Å². The average molecular weight is 201 g/mol. The van der Waals surface area contributed by atoms with Crippen molar-refractivity contribution in [1.29, 1.82) is 0 Å². The molecular formula is C10H12NNaO2. The first-order valence-corrected chi connectivity index (χ1v) is 3.92. The fraction of sp³-hybridized carbons (Fsp3) is 0.100. The Bertz CT molecular complexity index is 369. The number of carboxylic acid groups (broad SMARTS) is 1. The molecule has 0 amide bonds. The third kappa shape index (κ3) is 4.46. The van der Waals surface area contributed by atoms with Gasteiger partial charge < -0.3 is 11.5 Å². The first-order valence-electron chi connectivity index (χ1n) is 3.92. The van der Waals surface area contributed by atoms with Gasteiger partial charge in [-0.3, -0.25) is 4.79 Å². The molecule has 2 aromatic rings. The Morgan fingerprint density at radius 3 is 2.50 bits per heavy atom. The number of carbonyl (C=O) groups is 1. The van der Waals surface area contributed by atoms with Crippen molar-refractivity contribution in [2.75, 3.05) is 0 Å². The predicted octanol–water partition coefficient (Wildman–Crippen LogP) is -0.625. The van der Waals surface area contributed by atoms with Crippen LogP contribution < -0.4 is 29.6 Å². The van der Waals surface area contributed by atoms with Gasteiger partial charge in [0.2, 0.25) is 0 Å². The van der Waals surface area contributed by atoms with Gasteiger partial charge in [0.05, 0.1) is 0 Å². The first kappa shape index (κ1) is 13.2. The summed E-state index contributed by atoms with van der Waals surface area (Å²) in [6.07, 6.45) is 1.95. The van der Waals surface area contributed by atoms with E-state index in [0.29, 0.717) is 0 Å². The van der Waals surface area contributed by atoms with Crippen LogP contribution in [0.2, 0.25) is 0 Å². The van der Waals surface area contributed by atoms with Crippen LogP contribution in [-0.4, -0.2) is 16.1 Å². The molecule has 0 atom stereocenters. The Balaban J connectivity index is 0. The van der Waals surface area contributed by atoms with E-state index in [2.05, 4.69) is 23.2 Å². The van der Waals surface area contributed by atoms with Crippen molar-refractivity contribution >= 4 is 16.9 Å². The number of aliphatic carboxylic acids is 1. The van der Waals surface area contributed by atoms with E-state index < -0.39 is 5.97 Å². The van der Waals surface area contributed by atoms with Gasteiger partial charge in [0, 0.05) is 18.6 Å². The number of fused-ring (bicyclic) bond motifs is 1. The molecule has 0 bridgehead atoms. The normalized spacial score (nSPS) is 8.36. The Labute approximate surface area is 106 Å². The number of aromatic amines is 1. The number of rotatable bonds is 0. The van der Waals surface area contributed by atoms with E-state index in [-0.39, 0.29) is 31.0 Å². The van der Waals surface area contributed by atoms with Crippen LogP contribution in [0.25, 0.3) is 10.9 Å². The molecule has 3 nitrogen and oxygen atoms in total. The molecule has 14 heavy (non-hydrogen) atoms. The van der Waals surface area contributed by atoms with Crippen LogP contribution in [0, 0.1) is 0 Å². The molecule has 0 aliphatic rings. The van der Waals surface area contributed by atoms with Gasteiger partial charge in [-0.2, -0.15) is 0 Å². The fourth-order valence-corrected chi connectivity index (χ4v) is 0.995. The van der Waals surface area contributed by atoms with E-state index in [9.17, 15) is 0 Å². The second-order valence-corrected chi connectivity index (χ2v) is 2.58. The number of carboxylic acids is 1. The van der Waals surface area contributed by atoms with Crippen molar-refractivity contribution in [3.63, 3.8) is 0 Å². The number of H-pyrrole nitrogens is 1. The maximum absolute atomic E-state index is 9.00. The van der Waals surface area contributed by atoms with E-state index >= 15 is 0 Å². The molecule has 1 heterocycles. The molecule has 1 aromatic heterocycles. The van der Waals surface area contributed by atoms with Gasteiger partial charge in [0.15, 0.2) is 0 Å². The number of aromatic nitrogens is 1. The molecule has 0 radical (unpaired) electrons. The topological polar surface area (TPSA) is 53.1 Å². The Kier molecular flexibility index (Phi) is 6.28. The number of benzene rings is 1. The van der Waals surface area contributed by atoms with Gasteiger partial charge in [-0.1, -0.05) is 18.2 Å². The van der Waals surface area contributed by atoms with E-state index in [1.54, 1.807) is 0 Å². The quantitative estimate of drug-likeness (QED) is 0.558. The minimum Gasteiger partial charge on any atom is -1.00 e. The van der Waals surface area contributed by atoms with E-state index in [0.717, 1.165) is 6.92 Å². The SMILES string of the molecule is CC(=O)O.[H-].[Na+].c1ccc2[nH]ccc2c1. The second kappa shape index (κ2) is 6.65. The molecule has 2 rings (SSSR count). The molecule has 0 aliphatic heterocycles. The number of para-hydroxylation sites is 1. The van der Waals surface area contributed by atoms with Gasteiger partial charge in [0.25, 0.3) is 5.97 Å². The Hall–Kier alpha value is -0.770. The van der Waals surface area contributed by atoms with E-state index in [4.69, 9.17) is 9.90 Å². The minimum atomic E-state index is -0.833. The Morgan fingerprint density at radius 2 is 1.93 bits per heavy atom. The maximum Gasteiger partial charge on any atom is 1.00 e. The molecule has 0 saturated heterocycles. The van der Waals surface area contributed by atoms with Crippen molar-refractivity contribution in [2.24, 2.45) is 0 Å². The van der Waals surface area contributed by atoms with Crippen LogP contribution in [0.15, 0.2) is 36.5 Å². The molecule has 4 heteroatoms. The number of hydrogen-bond acceptors (Lipinski definition) is 1. The fourth-order valence-electron chi connectivity index (χ4n) is 0.995. The van der Waals surface area contributed by atoms with E-state index in [1.165, 1.54) is 10.9 Å². The third-order valence-corrected chi connectivity index (χ3v) is 1.46. The summed E-state index contributed by atoms with van der Waals surface area (Å²) in [6, 6.07) is 10.3. The zero-order valence-corrected chi connectivity index (χ0v) is 10.3. The van der Waals surface area contributed by atoms with Crippen molar-refractivity contribution in [1.82, 2.24) is 4.98 Å². The van der Waals surface area contributed by atoms with Gasteiger partial charge in [-0.15, -0.1) is 0 Å². The summed E-state index contributed by atoms with van der Waals surface area (Å²) in [6.45, 7) is 1.08. The summed E-state index contributed by atoms with van der Waals surface area (Å²) in [5, 5.41) is 8.69. The summed E-state index contributed by atoms with van der Waals surface area (Å²) >= 11 is 0. The van der Waals surface area contributed by atoms with Crippen molar-refractivity contribution in [3.8, 4) is 0 Å². The molecule has 0 spiro atoms. The van der Waals surface area contributed by atoms with Crippen LogP contribution >= 0.6 is 0 Å². The smallest absolute Gasteiger partial charge is 1.00 e. The summed E-state index contributed by atoms with van der Waals surface area (Å²) in [4.78, 5) is 12.1. The largest absolute Gasteiger partial charge is 1.00 e. The summed E-state index contributed by atoms with van der Waals surface area (Å²) in [7, 11) is 0. The summed E-state index contributed by atoms with van der Waals surface area (Å²) in [5.74, 6) is -0.833. The second-order valence-electron chi connectivity index (χ2n) is 2.58. The zero-order chi connectivity index (χ0) is 9.68. The van der Waals surface area contributed by atoms with Gasteiger partial charge in [0.1, 0.15) is 0 Å². The first-order chi connectivity index (χ1) is 6.20. The molecule has 1 aromatic carbocycles. The van der Waals surface area contributed by atoms with E-state index in [1.807, 2.05) is 18.3 Å². The standard InChI is InChI=1S/C8H7N.C2H4O2.Na.H/c1-2-4-8-7(3-1)5-6-9-8;1-2(3)4;;/h1-6,9H;1H3,(H,3,4);;/q;;+1;-1. The molecule has 0 saturated carbocycles. The van der Waals surface area contributed by atoms with Crippen molar-refractivity contribution in [2.45, 2.75) is 6.92 Å².